The Morgan fingerprint density at radius 2 is 2.11 bits per heavy atom. The lowest BCUT2D eigenvalue weighted by atomic mass is 10.1. The van der Waals surface area contributed by atoms with Crippen LogP contribution in [0.15, 0.2) is 59.5 Å². The maximum Gasteiger partial charge on any atom is 0.228 e. The topological polar surface area (TPSA) is 73.0 Å². The Kier molecular flexibility index (Phi) is 4.46. The summed E-state index contributed by atoms with van der Waals surface area (Å²) < 4.78 is 7.54. The molecule has 0 saturated heterocycles. The van der Waals surface area contributed by atoms with E-state index in [9.17, 15) is 4.79 Å². The van der Waals surface area contributed by atoms with Gasteiger partial charge in [0.05, 0.1) is 12.7 Å². The number of carbonyl (C=O) groups excluding carboxylic acids is 1. The van der Waals surface area contributed by atoms with Crippen LogP contribution in [0.25, 0.3) is 22.4 Å². The van der Waals surface area contributed by atoms with Crippen molar-refractivity contribution in [3.63, 3.8) is 0 Å². The predicted molar refractivity (Wildman–Crippen MR) is 104 cm³/mol. The molecule has 6 heteroatoms. The molecule has 0 bridgehead atoms. The zero-order chi connectivity index (χ0) is 18.8. The van der Waals surface area contributed by atoms with Gasteiger partial charge in [0.1, 0.15) is 11.9 Å². The molecular weight excluding hydrogens is 340 g/mol. The molecule has 0 radical (unpaired) electrons. The number of carbonyl (C=O) groups is 1. The lowest BCUT2D eigenvalue weighted by molar-refractivity contribution is -0.115. The second kappa shape index (κ2) is 7.07. The fraction of sp³-hybridized carbons (Fsp3) is 0.190. The number of nitrogens with zero attached hydrogens (tertiary/aromatic N) is 3. The van der Waals surface area contributed by atoms with Crippen molar-refractivity contribution >= 4 is 22.6 Å². The molecule has 6 nitrogen and oxygen atoms in total. The summed E-state index contributed by atoms with van der Waals surface area (Å²) in [6.07, 6.45) is 3.61. The fourth-order valence-electron chi connectivity index (χ4n) is 3.15. The monoisotopic (exact) mass is 360 g/mol. The summed E-state index contributed by atoms with van der Waals surface area (Å²) in [4.78, 5) is 12.5. The Morgan fingerprint density at radius 3 is 2.96 bits per heavy atom. The Morgan fingerprint density at radius 1 is 1.22 bits per heavy atom. The van der Waals surface area contributed by atoms with Gasteiger partial charge < -0.3 is 14.3 Å². The number of nitrogens with one attached hydrogen (secondary N) is 1. The number of hydrogen-bond acceptors (Lipinski definition) is 4. The van der Waals surface area contributed by atoms with Crippen LogP contribution >= 0.6 is 0 Å². The summed E-state index contributed by atoms with van der Waals surface area (Å²) in [5.74, 6) is 0.692. The summed E-state index contributed by atoms with van der Waals surface area (Å²) in [6, 6.07) is 13.6. The van der Waals surface area contributed by atoms with E-state index in [4.69, 9.17) is 4.42 Å². The van der Waals surface area contributed by atoms with Gasteiger partial charge >= 0.3 is 0 Å². The molecule has 0 aliphatic rings. The average molecular weight is 360 g/mol. The van der Waals surface area contributed by atoms with Crippen LogP contribution in [0, 0.1) is 6.92 Å². The molecule has 0 saturated carbocycles. The van der Waals surface area contributed by atoms with Crippen LogP contribution in [0.3, 0.4) is 0 Å². The van der Waals surface area contributed by atoms with Crippen molar-refractivity contribution in [3.05, 3.63) is 66.2 Å². The lowest BCUT2D eigenvalue weighted by Crippen LogP contribution is -2.14. The molecule has 2 aromatic heterocycles. The summed E-state index contributed by atoms with van der Waals surface area (Å²) in [5.41, 5.74) is 4.45. The number of fused-ring (bicyclic) bond motifs is 1. The minimum absolute atomic E-state index is 0.0904. The Balaban J connectivity index is 1.52. The van der Waals surface area contributed by atoms with Gasteiger partial charge in [-0.15, -0.1) is 10.2 Å². The molecule has 0 unspecified atom stereocenters. The maximum atomic E-state index is 12.5. The van der Waals surface area contributed by atoms with E-state index in [2.05, 4.69) is 15.5 Å². The van der Waals surface area contributed by atoms with Gasteiger partial charge in [0.2, 0.25) is 5.91 Å². The number of rotatable bonds is 5. The predicted octanol–water partition coefficient (Wildman–Crippen LogP) is 4.20. The van der Waals surface area contributed by atoms with Crippen molar-refractivity contribution in [2.75, 3.05) is 5.32 Å². The Hall–Kier alpha value is -3.41. The SMILES string of the molecule is CCn1cnnc1-c1cccc(NC(=O)Cc2coc3cc(C)ccc23)c1. The highest BCUT2D eigenvalue weighted by atomic mass is 16.3. The number of benzene rings is 2. The van der Waals surface area contributed by atoms with Gasteiger partial charge in [-0.1, -0.05) is 24.3 Å². The molecule has 4 rings (SSSR count). The average Bonchev–Trinajstić information content (AvgIpc) is 3.28. The van der Waals surface area contributed by atoms with E-state index < -0.39 is 0 Å². The van der Waals surface area contributed by atoms with Gasteiger partial charge in [0.25, 0.3) is 0 Å². The largest absolute Gasteiger partial charge is 0.464 e. The van der Waals surface area contributed by atoms with Crippen LogP contribution in [-0.4, -0.2) is 20.7 Å². The first-order valence-corrected chi connectivity index (χ1v) is 8.89. The number of aryl methyl sites for hydroxylation is 2. The number of aromatic nitrogens is 3. The maximum absolute atomic E-state index is 12.5. The molecule has 0 spiro atoms. The van der Waals surface area contributed by atoms with Crippen LogP contribution < -0.4 is 5.32 Å². The minimum atomic E-state index is -0.0904. The van der Waals surface area contributed by atoms with Gasteiger partial charge in [-0.3, -0.25) is 4.79 Å². The normalized spacial score (nSPS) is 11.0. The van der Waals surface area contributed by atoms with E-state index in [1.807, 2.05) is 60.9 Å². The van der Waals surface area contributed by atoms with Crippen LogP contribution in [0.5, 0.6) is 0 Å². The third kappa shape index (κ3) is 3.46. The number of amides is 1. The van der Waals surface area contributed by atoms with Crippen molar-refractivity contribution in [2.45, 2.75) is 26.8 Å². The van der Waals surface area contributed by atoms with Gasteiger partial charge in [0.15, 0.2) is 5.82 Å². The summed E-state index contributed by atoms with van der Waals surface area (Å²) in [7, 11) is 0. The smallest absolute Gasteiger partial charge is 0.228 e. The number of furan rings is 1. The van der Waals surface area contributed by atoms with E-state index in [0.717, 1.165) is 45.7 Å². The second-order valence-electron chi connectivity index (χ2n) is 6.51. The highest BCUT2D eigenvalue weighted by Crippen LogP contribution is 2.24. The number of anilines is 1. The van der Waals surface area contributed by atoms with Crippen molar-refractivity contribution in [3.8, 4) is 11.4 Å². The third-order valence-corrected chi connectivity index (χ3v) is 4.52. The highest BCUT2D eigenvalue weighted by Gasteiger charge is 2.12. The summed E-state index contributed by atoms with van der Waals surface area (Å²) >= 11 is 0. The van der Waals surface area contributed by atoms with Crippen molar-refractivity contribution in [1.82, 2.24) is 14.8 Å². The first kappa shape index (κ1) is 17.0. The van der Waals surface area contributed by atoms with Gasteiger partial charge in [-0.2, -0.15) is 0 Å². The second-order valence-corrected chi connectivity index (χ2v) is 6.51. The fourth-order valence-corrected chi connectivity index (χ4v) is 3.15. The van der Waals surface area contributed by atoms with E-state index in [0.29, 0.717) is 0 Å². The lowest BCUT2D eigenvalue weighted by Gasteiger charge is -2.08. The van der Waals surface area contributed by atoms with E-state index in [1.54, 1.807) is 12.6 Å². The van der Waals surface area contributed by atoms with Gasteiger partial charge in [-0.25, -0.2) is 0 Å². The molecule has 2 aromatic carbocycles. The molecule has 4 aromatic rings. The van der Waals surface area contributed by atoms with E-state index in [1.165, 1.54) is 0 Å². The van der Waals surface area contributed by atoms with Crippen molar-refractivity contribution in [2.24, 2.45) is 0 Å². The zero-order valence-corrected chi connectivity index (χ0v) is 15.3. The zero-order valence-electron chi connectivity index (χ0n) is 15.3. The van der Waals surface area contributed by atoms with E-state index >= 15 is 0 Å². The third-order valence-electron chi connectivity index (χ3n) is 4.52. The molecule has 1 N–H and O–H groups in total. The number of hydrogen-bond donors (Lipinski definition) is 1. The quantitative estimate of drug-likeness (QED) is 0.579. The standard InChI is InChI=1S/C21H20N4O2/c1-3-25-13-22-24-21(25)15-5-4-6-17(10-15)23-20(26)11-16-12-27-19-9-14(2)7-8-18(16)19/h4-10,12-13H,3,11H2,1-2H3,(H,23,26). The molecule has 0 fully saturated rings. The van der Waals surface area contributed by atoms with Gasteiger partial charge in [-0.05, 0) is 37.6 Å². The molecule has 1 amide bonds. The Bertz CT molecular complexity index is 1110. The van der Waals surface area contributed by atoms with Crippen LogP contribution in [-0.2, 0) is 17.8 Å². The highest BCUT2D eigenvalue weighted by molar-refractivity contribution is 5.95. The van der Waals surface area contributed by atoms with Gasteiger partial charge in [0, 0.05) is 28.7 Å². The molecule has 0 atom stereocenters. The van der Waals surface area contributed by atoms with E-state index in [-0.39, 0.29) is 12.3 Å². The van der Waals surface area contributed by atoms with Crippen LogP contribution in [0.1, 0.15) is 18.1 Å². The van der Waals surface area contributed by atoms with Crippen molar-refractivity contribution < 1.29 is 9.21 Å². The molecule has 0 aliphatic heterocycles. The van der Waals surface area contributed by atoms with Crippen LogP contribution in [0.4, 0.5) is 5.69 Å². The molecule has 0 aliphatic carbocycles. The molecule has 2 heterocycles. The summed E-state index contributed by atoms with van der Waals surface area (Å²) in [6.45, 7) is 4.84. The van der Waals surface area contributed by atoms with Crippen molar-refractivity contribution in [1.29, 1.82) is 0 Å². The molecule has 136 valence electrons. The molecular formula is C21H20N4O2. The Labute approximate surface area is 156 Å². The summed E-state index contributed by atoms with van der Waals surface area (Å²) in [5, 5.41) is 12.1. The van der Waals surface area contributed by atoms with Crippen LogP contribution in [0.2, 0.25) is 0 Å². The minimum Gasteiger partial charge on any atom is -0.464 e. The first-order chi connectivity index (χ1) is 13.1. The molecule has 27 heavy (non-hydrogen) atoms. The first-order valence-electron chi connectivity index (χ1n) is 8.89.